The molecule has 3 aromatic rings. The highest BCUT2D eigenvalue weighted by molar-refractivity contribution is 6.04. The molecule has 1 amide bonds. The van der Waals surface area contributed by atoms with E-state index in [-0.39, 0.29) is 12.5 Å². The summed E-state index contributed by atoms with van der Waals surface area (Å²) in [6, 6.07) is 16.2. The molecule has 3 rings (SSSR count). The first-order valence-corrected chi connectivity index (χ1v) is 6.87. The first kappa shape index (κ1) is 14.0. The van der Waals surface area contributed by atoms with Crippen LogP contribution in [0.3, 0.4) is 0 Å². The molecule has 5 heteroatoms. The monoisotopic (exact) mass is 293 g/mol. The number of carbonyl (C=O) groups excluding carboxylic acids is 1. The fourth-order valence-corrected chi connectivity index (χ4v) is 2.14. The molecule has 0 aliphatic heterocycles. The normalized spacial score (nSPS) is 10.4. The fourth-order valence-electron chi connectivity index (χ4n) is 2.14. The van der Waals surface area contributed by atoms with E-state index in [9.17, 15) is 4.79 Å². The van der Waals surface area contributed by atoms with Crippen LogP contribution in [0.5, 0.6) is 0 Å². The third kappa shape index (κ3) is 3.05. The molecule has 0 unspecified atom stereocenters. The number of anilines is 1. The number of rotatable bonds is 4. The molecule has 2 aromatic carbocycles. The van der Waals surface area contributed by atoms with Gasteiger partial charge in [0.25, 0.3) is 5.91 Å². The molecular weight excluding hydrogens is 278 g/mol. The van der Waals surface area contributed by atoms with Gasteiger partial charge in [-0.05, 0) is 48.0 Å². The fraction of sp³-hybridized carbons (Fsp3) is 0.0588. The van der Waals surface area contributed by atoms with Crippen molar-refractivity contribution in [3.8, 4) is 5.69 Å². The van der Waals surface area contributed by atoms with Crippen LogP contribution in [0.4, 0.5) is 5.69 Å². The average molecular weight is 293 g/mol. The summed E-state index contributed by atoms with van der Waals surface area (Å²) >= 11 is 0. The van der Waals surface area contributed by atoms with Gasteiger partial charge in [0.2, 0.25) is 0 Å². The van der Waals surface area contributed by atoms with Crippen LogP contribution < -0.4 is 5.32 Å². The second-order valence-electron chi connectivity index (χ2n) is 4.81. The molecule has 5 nitrogen and oxygen atoms in total. The average Bonchev–Trinajstić information content (AvgIpc) is 3.09. The lowest BCUT2D eigenvalue weighted by Gasteiger charge is -2.07. The van der Waals surface area contributed by atoms with Crippen molar-refractivity contribution in [2.24, 2.45) is 0 Å². The van der Waals surface area contributed by atoms with Crippen LogP contribution in [0.2, 0.25) is 0 Å². The topological polar surface area (TPSA) is 67.2 Å². The summed E-state index contributed by atoms with van der Waals surface area (Å²) in [4.78, 5) is 12.2. The lowest BCUT2D eigenvalue weighted by molar-refractivity contribution is 0.102. The predicted octanol–water partition coefficient (Wildman–Crippen LogP) is 2.62. The van der Waals surface area contributed by atoms with Crippen molar-refractivity contribution in [1.29, 1.82) is 0 Å². The van der Waals surface area contributed by atoms with Crippen molar-refractivity contribution >= 4 is 11.6 Å². The van der Waals surface area contributed by atoms with E-state index in [1.54, 1.807) is 47.3 Å². The van der Waals surface area contributed by atoms with Gasteiger partial charge in [-0.25, -0.2) is 4.68 Å². The number of aliphatic hydroxyl groups excluding tert-OH is 1. The Balaban J connectivity index is 1.74. The van der Waals surface area contributed by atoms with E-state index in [1.807, 2.05) is 24.4 Å². The maximum absolute atomic E-state index is 12.2. The Morgan fingerprint density at radius 2 is 1.95 bits per heavy atom. The van der Waals surface area contributed by atoms with Gasteiger partial charge in [-0.2, -0.15) is 5.10 Å². The van der Waals surface area contributed by atoms with Crippen LogP contribution in [0.15, 0.2) is 67.0 Å². The Bertz CT molecular complexity index is 765. The van der Waals surface area contributed by atoms with Crippen molar-refractivity contribution in [1.82, 2.24) is 9.78 Å². The van der Waals surface area contributed by atoms with Gasteiger partial charge in [-0.3, -0.25) is 4.79 Å². The lowest BCUT2D eigenvalue weighted by Crippen LogP contribution is -2.12. The molecule has 1 heterocycles. The molecule has 0 saturated heterocycles. The van der Waals surface area contributed by atoms with Gasteiger partial charge in [-0.15, -0.1) is 0 Å². The van der Waals surface area contributed by atoms with Gasteiger partial charge in [0.05, 0.1) is 12.3 Å². The minimum absolute atomic E-state index is 0.0533. The van der Waals surface area contributed by atoms with Crippen LogP contribution >= 0.6 is 0 Å². The zero-order chi connectivity index (χ0) is 15.4. The molecule has 0 aliphatic carbocycles. The van der Waals surface area contributed by atoms with E-state index in [0.717, 1.165) is 11.3 Å². The van der Waals surface area contributed by atoms with E-state index in [0.29, 0.717) is 11.3 Å². The minimum Gasteiger partial charge on any atom is -0.392 e. The van der Waals surface area contributed by atoms with Crippen LogP contribution in [0.25, 0.3) is 5.69 Å². The maximum Gasteiger partial charge on any atom is 0.255 e. The van der Waals surface area contributed by atoms with Gasteiger partial charge in [-0.1, -0.05) is 12.1 Å². The number of aliphatic hydroxyl groups is 1. The Hall–Kier alpha value is -2.92. The number of nitrogens with one attached hydrogen (secondary N) is 1. The predicted molar refractivity (Wildman–Crippen MR) is 83.9 cm³/mol. The van der Waals surface area contributed by atoms with E-state index in [1.165, 1.54) is 0 Å². The Morgan fingerprint density at radius 1 is 1.14 bits per heavy atom. The highest BCUT2D eigenvalue weighted by atomic mass is 16.3. The number of benzene rings is 2. The Kier molecular flexibility index (Phi) is 3.98. The molecule has 0 atom stereocenters. The molecule has 2 N–H and O–H groups in total. The van der Waals surface area contributed by atoms with Gasteiger partial charge in [0.1, 0.15) is 0 Å². The van der Waals surface area contributed by atoms with E-state index in [4.69, 9.17) is 5.11 Å². The summed E-state index contributed by atoms with van der Waals surface area (Å²) in [5, 5.41) is 16.1. The third-order valence-corrected chi connectivity index (χ3v) is 3.27. The summed E-state index contributed by atoms with van der Waals surface area (Å²) in [5.74, 6) is -0.192. The van der Waals surface area contributed by atoms with Gasteiger partial charge in [0.15, 0.2) is 0 Å². The number of hydrogen-bond donors (Lipinski definition) is 2. The highest BCUT2D eigenvalue weighted by Gasteiger charge is 2.07. The Labute approximate surface area is 127 Å². The van der Waals surface area contributed by atoms with Crippen molar-refractivity contribution in [3.63, 3.8) is 0 Å². The summed E-state index contributed by atoms with van der Waals surface area (Å²) in [6.45, 7) is -0.0533. The Morgan fingerprint density at radius 3 is 2.64 bits per heavy atom. The quantitative estimate of drug-likeness (QED) is 0.777. The standard InChI is InChI=1S/C17H15N3O2/c21-12-13-3-1-4-15(11-13)19-17(22)14-5-7-16(8-6-14)20-10-2-9-18-20/h1-11,21H,12H2,(H,19,22). The van der Waals surface area contributed by atoms with Crippen molar-refractivity contribution < 1.29 is 9.90 Å². The molecule has 0 spiro atoms. The van der Waals surface area contributed by atoms with E-state index in [2.05, 4.69) is 10.4 Å². The highest BCUT2D eigenvalue weighted by Crippen LogP contribution is 2.14. The number of amides is 1. The van der Waals surface area contributed by atoms with Gasteiger partial charge in [0, 0.05) is 23.6 Å². The SMILES string of the molecule is O=C(Nc1cccc(CO)c1)c1ccc(-n2cccn2)cc1. The van der Waals surface area contributed by atoms with Crippen molar-refractivity contribution in [2.75, 3.05) is 5.32 Å². The zero-order valence-corrected chi connectivity index (χ0v) is 11.8. The van der Waals surface area contributed by atoms with Gasteiger partial charge >= 0.3 is 0 Å². The summed E-state index contributed by atoms with van der Waals surface area (Å²) in [5.41, 5.74) is 2.87. The second kappa shape index (κ2) is 6.24. The third-order valence-electron chi connectivity index (χ3n) is 3.27. The number of carbonyl (C=O) groups is 1. The first-order valence-electron chi connectivity index (χ1n) is 6.87. The molecule has 1 aromatic heterocycles. The first-order chi connectivity index (χ1) is 10.8. The molecule has 0 aliphatic rings. The molecule has 0 bridgehead atoms. The van der Waals surface area contributed by atoms with Crippen molar-refractivity contribution in [3.05, 3.63) is 78.1 Å². The zero-order valence-electron chi connectivity index (χ0n) is 11.8. The molecular formula is C17H15N3O2. The van der Waals surface area contributed by atoms with Crippen LogP contribution in [0.1, 0.15) is 15.9 Å². The van der Waals surface area contributed by atoms with Crippen molar-refractivity contribution in [2.45, 2.75) is 6.61 Å². The van der Waals surface area contributed by atoms with Gasteiger partial charge < -0.3 is 10.4 Å². The van der Waals surface area contributed by atoms with Crippen LogP contribution in [0, 0.1) is 0 Å². The van der Waals surface area contributed by atoms with Crippen LogP contribution in [-0.2, 0) is 6.61 Å². The lowest BCUT2D eigenvalue weighted by atomic mass is 10.1. The number of hydrogen-bond acceptors (Lipinski definition) is 3. The molecule has 110 valence electrons. The summed E-state index contributed by atoms with van der Waals surface area (Å²) in [7, 11) is 0. The maximum atomic E-state index is 12.2. The number of nitrogens with zero attached hydrogens (tertiary/aromatic N) is 2. The minimum atomic E-state index is -0.192. The largest absolute Gasteiger partial charge is 0.392 e. The molecule has 0 radical (unpaired) electrons. The van der Waals surface area contributed by atoms with Crippen LogP contribution in [-0.4, -0.2) is 20.8 Å². The van der Waals surface area contributed by atoms with E-state index < -0.39 is 0 Å². The summed E-state index contributed by atoms with van der Waals surface area (Å²) < 4.78 is 1.73. The molecule has 0 fully saturated rings. The van der Waals surface area contributed by atoms with E-state index >= 15 is 0 Å². The second-order valence-corrected chi connectivity index (χ2v) is 4.81. The molecule has 22 heavy (non-hydrogen) atoms. The smallest absolute Gasteiger partial charge is 0.255 e. The summed E-state index contributed by atoms with van der Waals surface area (Å²) in [6.07, 6.45) is 3.55. The number of aromatic nitrogens is 2. The molecule has 0 saturated carbocycles.